The fourth-order valence-electron chi connectivity index (χ4n) is 2.80. The molecule has 1 fully saturated rings. The molecule has 1 aliphatic rings. The van der Waals surface area contributed by atoms with Gasteiger partial charge in [-0.3, -0.25) is 14.3 Å². The Hall–Kier alpha value is -2.52. The molecule has 1 heterocycles. The molecule has 2 amide bonds. The van der Waals surface area contributed by atoms with Crippen LogP contribution in [0.4, 0.5) is 11.4 Å². The van der Waals surface area contributed by atoms with E-state index in [1.54, 1.807) is 0 Å². The van der Waals surface area contributed by atoms with Crippen molar-refractivity contribution in [2.45, 2.75) is 18.7 Å². The lowest BCUT2D eigenvalue weighted by molar-refractivity contribution is -0.130. The van der Waals surface area contributed by atoms with Crippen LogP contribution in [0, 0.1) is 13.8 Å². The van der Waals surface area contributed by atoms with E-state index in [9.17, 15) is 18.0 Å². The Morgan fingerprint density at radius 2 is 1.75 bits per heavy atom. The Morgan fingerprint density at radius 3 is 2.32 bits per heavy atom. The highest BCUT2D eigenvalue weighted by molar-refractivity contribution is 8.00. The van der Waals surface area contributed by atoms with Gasteiger partial charge in [-0.25, -0.2) is 8.42 Å². The number of thioether (sulfide) groups is 1. The van der Waals surface area contributed by atoms with Crippen LogP contribution in [0.25, 0.3) is 0 Å². The molecule has 0 aromatic heterocycles. The normalized spacial score (nSPS) is 14.2. The number of amides is 2. The Labute approximate surface area is 168 Å². The molecule has 2 N–H and O–H groups in total. The highest BCUT2D eigenvalue weighted by Gasteiger charge is 2.23. The number of carbonyl (C=O) groups excluding carboxylic acids is 2. The maximum absolute atomic E-state index is 12.7. The average molecular weight is 420 g/mol. The summed E-state index contributed by atoms with van der Waals surface area (Å²) in [5.74, 6) is 0.528. The zero-order chi connectivity index (χ0) is 20.3. The Morgan fingerprint density at radius 1 is 1.11 bits per heavy atom. The van der Waals surface area contributed by atoms with Gasteiger partial charge >= 0.3 is 0 Å². The molecule has 3 rings (SSSR count). The number of hydrogen-bond acceptors (Lipinski definition) is 5. The van der Waals surface area contributed by atoms with Crippen LogP contribution in [-0.4, -0.2) is 43.3 Å². The molecular formula is C19H21N3O4S2. The van der Waals surface area contributed by atoms with Crippen LogP contribution < -0.4 is 10.0 Å². The molecule has 0 radical (unpaired) electrons. The summed E-state index contributed by atoms with van der Waals surface area (Å²) in [7, 11) is -3.75. The van der Waals surface area contributed by atoms with Crippen molar-refractivity contribution in [3.63, 3.8) is 0 Å². The van der Waals surface area contributed by atoms with E-state index in [0.29, 0.717) is 23.0 Å². The van der Waals surface area contributed by atoms with Gasteiger partial charge in [0.15, 0.2) is 0 Å². The second-order valence-electron chi connectivity index (χ2n) is 6.51. The molecule has 0 aliphatic carbocycles. The number of benzene rings is 2. The summed E-state index contributed by atoms with van der Waals surface area (Å²) in [6, 6.07) is 11.5. The van der Waals surface area contributed by atoms with Gasteiger partial charge in [-0.05, 0) is 49.2 Å². The predicted molar refractivity (Wildman–Crippen MR) is 111 cm³/mol. The minimum Gasteiger partial charge on any atom is -0.325 e. The standard InChI is InChI=1S/C19H21N3O4S2/c1-13-4-3-5-14(2)19(13)21-28(25,26)16-8-6-15(7-9-16)20-17(23)10-22-12-27-11-18(22)24/h3-9,21H,10-12H2,1-2H3,(H,20,23). The van der Waals surface area contributed by atoms with Gasteiger partial charge in [0, 0.05) is 5.69 Å². The van der Waals surface area contributed by atoms with Gasteiger partial charge in [0.2, 0.25) is 11.8 Å². The number of rotatable bonds is 6. The summed E-state index contributed by atoms with van der Waals surface area (Å²) in [6.07, 6.45) is 0. The summed E-state index contributed by atoms with van der Waals surface area (Å²) in [5, 5.41) is 2.68. The van der Waals surface area contributed by atoms with Crippen LogP contribution in [0.15, 0.2) is 47.4 Å². The van der Waals surface area contributed by atoms with Gasteiger partial charge in [-0.1, -0.05) is 18.2 Å². The molecule has 0 atom stereocenters. The number of para-hydroxylation sites is 1. The molecule has 2 aromatic carbocycles. The first-order valence-electron chi connectivity index (χ1n) is 8.61. The maximum atomic E-state index is 12.7. The molecule has 148 valence electrons. The van der Waals surface area contributed by atoms with E-state index in [-0.39, 0.29) is 23.3 Å². The van der Waals surface area contributed by atoms with Crippen LogP contribution in [0.3, 0.4) is 0 Å². The number of nitrogens with zero attached hydrogens (tertiary/aromatic N) is 1. The molecule has 1 aliphatic heterocycles. The van der Waals surface area contributed by atoms with Crippen molar-refractivity contribution in [1.29, 1.82) is 0 Å². The number of nitrogens with one attached hydrogen (secondary N) is 2. The molecule has 28 heavy (non-hydrogen) atoms. The van der Waals surface area contributed by atoms with Gasteiger partial charge in [-0.15, -0.1) is 11.8 Å². The lowest BCUT2D eigenvalue weighted by Gasteiger charge is -2.15. The number of anilines is 2. The number of sulfonamides is 1. The van der Waals surface area contributed by atoms with Crippen LogP contribution in [0.5, 0.6) is 0 Å². The van der Waals surface area contributed by atoms with Crippen molar-refractivity contribution >= 4 is 45.0 Å². The fourth-order valence-corrected chi connectivity index (χ4v) is 4.91. The maximum Gasteiger partial charge on any atom is 0.261 e. The van der Waals surface area contributed by atoms with Gasteiger partial charge in [-0.2, -0.15) is 0 Å². The first-order valence-corrected chi connectivity index (χ1v) is 11.2. The predicted octanol–water partition coefficient (Wildman–Crippen LogP) is 2.58. The third-order valence-corrected chi connectivity index (χ3v) is 6.64. The zero-order valence-electron chi connectivity index (χ0n) is 15.6. The van der Waals surface area contributed by atoms with Crippen molar-refractivity contribution in [3.05, 3.63) is 53.6 Å². The number of hydrogen-bond donors (Lipinski definition) is 2. The molecule has 2 aromatic rings. The Balaban J connectivity index is 1.67. The van der Waals surface area contributed by atoms with Crippen LogP contribution in [-0.2, 0) is 19.6 Å². The van der Waals surface area contributed by atoms with Gasteiger partial charge in [0.1, 0.15) is 6.54 Å². The molecule has 7 nitrogen and oxygen atoms in total. The summed E-state index contributed by atoms with van der Waals surface area (Å²) in [6.45, 7) is 3.67. The third-order valence-electron chi connectivity index (χ3n) is 4.33. The van der Waals surface area contributed by atoms with E-state index in [2.05, 4.69) is 10.0 Å². The van der Waals surface area contributed by atoms with Crippen molar-refractivity contribution in [1.82, 2.24) is 4.90 Å². The smallest absolute Gasteiger partial charge is 0.261 e. The molecule has 1 saturated heterocycles. The number of aryl methyl sites for hydroxylation is 2. The summed E-state index contributed by atoms with van der Waals surface area (Å²) >= 11 is 1.47. The van der Waals surface area contributed by atoms with Gasteiger partial charge < -0.3 is 10.2 Å². The highest BCUT2D eigenvalue weighted by Crippen LogP contribution is 2.24. The molecule has 0 saturated carbocycles. The average Bonchev–Trinajstić information content (AvgIpc) is 3.03. The first-order chi connectivity index (χ1) is 13.3. The molecule has 0 unspecified atom stereocenters. The van der Waals surface area contributed by atoms with E-state index in [0.717, 1.165) is 11.1 Å². The van der Waals surface area contributed by atoms with E-state index in [1.807, 2.05) is 32.0 Å². The topological polar surface area (TPSA) is 95.6 Å². The minimum atomic E-state index is -3.75. The van der Waals surface area contributed by atoms with Crippen LogP contribution in [0.2, 0.25) is 0 Å². The zero-order valence-corrected chi connectivity index (χ0v) is 17.2. The Bertz CT molecular complexity index is 984. The van der Waals surface area contributed by atoms with E-state index < -0.39 is 10.0 Å². The lowest BCUT2D eigenvalue weighted by atomic mass is 10.1. The van der Waals surface area contributed by atoms with Gasteiger partial charge in [0.25, 0.3) is 10.0 Å². The third kappa shape index (κ3) is 4.66. The summed E-state index contributed by atoms with van der Waals surface area (Å²) in [5.41, 5.74) is 2.70. The Kier molecular flexibility index (Phi) is 5.95. The summed E-state index contributed by atoms with van der Waals surface area (Å²) in [4.78, 5) is 25.2. The second kappa shape index (κ2) is 8.24. The van der Waals surface area contributed by atoms with Crippen molar-refractivity contribution < 1.29 is 18.0 Å². The quantitative estimate of drug-likeness (QED) is 0.750. The molecule has 0 bridgehead atoms. The van der Waals surface area contributed by atoms with Gasteiger partial charge in [0.05, 0.1) is 22.2 Å². The monoisotopic (exact) mass is 419 g/mol. The largest absolute Gasteiger partial charge is 0.325 e. The van der Waals surface area contributed by atoms with Crippen LogP contribution >= 0.6 is 11.8 Å². The lowest BCUT2D eigenvalue weighted by Crippen LogP contribution is -2.34. The molecular weight excluding hydrogens is 398 g/mol. The van der Waals surface area contributed by atoms with Crippen molar-refractivity contribution in [2.24, 2.45) is 0 Å². The van der Waals surface area contributed by atoms with E-state index in [4.69, 9.17) is 0 Å². The number of carbonyl (C=O) groups is 2. The van der Waals surface area contributed by atoms with Crippen LogP contribution in [0.1, 0.15) is 11.1 Å². The van der Waals surface area contributed by atoms with E-state index in [1.165, 1.54) is 40.9 Å². The molecule has 0 spiro atoms. The fraction of sp³-hybridized carbons (Fsp3) is 0.263. The first kappa shape index (κ1) is 20.2. The van der Waals surface area contributed by atoms with E-state index >= 15 is 0 Å². The van der Waals surface area contributed by atoms with Crippen molar-refractivity contribution in [3.8, 4) is 0 Å². The minimum absolute atomic E-state index is 0.0139. The second-order valence-corrected chi connectivity index (χ2v) is 9.15. The SMILES string of the molecule is Cc1cccc(C)c1NS(=O)(=O)c1ccc(NC(=O)CN2CSCC2=O)cc1. The molecule has 9 heteroatoms. The van der Waals surface area contributed by atoms with Crippen molar-refractivity contribution in [2.75, 3.05) is 28.2 Å². The summed E-state index contributed by atoms with van der Waals surface area (Å²) < 4.78 is 27.9. The highest BCUT2D eigenvalue weighted by atomic mass is 32.2.